The van der Waals surface area contributed by atoms with Gasteiger partial charge in [0.1, 0.15) is 0 Å². The minimum atomic E-state index is 0.689. The molecule has 0 aromatic heterocycles. The Labute approximate surface area is 89.8 Å². The fourth-order valence-electron chi connectivity index (χ4n) is 1.70. The van der Waals surface area contributed by atoms with Crippen LogP contribution in [0.3, 0.4) is 0 Å². The highest BCUT2D eigenvalue weighted by Gasteiger charge is 2.09. The molecular weight excluding hydrogens is 194 g/mol. The molecular formula is C12H14ClN. The van der Waals surface area contributed by atoms with E-state index in [-0.39, 0.29) is 0 Å². The number of rotatable bonds is 2. The second kappa shape index (κ2) is 4.63. The lowest BCUT2D eigenvalue weighted by molar-refractivity contribution is 0.731. The van der Waals surface area contributed by atoms with Crippen LogP contribution < -0.4 is 5.32 Å². The molecule has 74 valence electrons. The molecule has 1 saturated heterocycles. The molecule has 0 spiro atoms. The molecule has 1 atom stereocenters. The third-order valence-electron chi connectivity index (χ3n) is 2.51. The summed E-state index contributed by atoms with van der Waals surface area (Å²) >= 11 is 5.89. The van der Waals surface area contributed by atoms with E-state index in [0.717, 1.165) is 18.1 Å². The maximum absolute atomic E-state index is 5.89. The molecule has 1 aromatic carbocycles. The first-order chi connectivity index (χ1) is 6.84. The molecule has 0 saturated carbocycles. The first-order valence-corrected chi connectivity index (χ1v) is 5.37. The van der Waals surface area contributed by atoms with E-state index in [4.69, 9.17) is 11.6 Å². The van der Waals surface area contributed by atoms with Crippen LogP contribution in [0, 0.1) is 5.92 Å². The summed E-state index contributed by atoms with van der Waals surface area (Å²) in [6, 6.07) is 7.94. The summed E-state index contributed by atoms with van der Waals surface area (Å²) in [7, 11) is 0. The van der Waals surface area contributed by atoms with Crippen LogP contribution in [0.4, 0.5) is 0 Å². The van der Waals surface area contributed by atoms with Crippen molar-refractivity contribution < 1.29 is 0 Å². The first kappa shape index (κ1) is 9.75. The fourth-order valence-corrected chi connectivity index (χ4v) is 1.90. The Hall–Kier alpha value is -0.790. The maximum Gasteiger partial charge on any atom is 0.0411 e. The Morgan fingerprint density at radius 1 is 1.43 bits per heavy atom. The Balaban J connectivity index is 2.02. The molecule has 0 radical (unpaired) electrons. The second-order valence-electron chi connectivity index (χ2n) is 3.67. The van der Waals surface area contributed by atoms with Crippen LogP contribution >= 0.6 is 11.6 Å². The number of nitrogens with one attached hydrogen (secondary N) is 1. The molecule has 0 aliphatic carbocycles. The van der Waals surface area contributed by atoms with Crippen molar-refractivity contribution in [2.45, 2.75) is 6.42 Å². The number of halogens is 1. The molecule has 1 aliphatic rings. The molecule has 1 nitrogen and oxygen atoms in total. The van der Waals surface area contributed by atoms with E-state index < -0.39 is 0 Å². The molecule has 14 heavy (non-hydrogen) atoms. The summed E-state index contributed by atoms with van der Waals surface area (Å²) in [4.78, 5) is 0. The van der Waals surface area contributed by atoms with Gasteiger partial charge in [0, 0.05) is 11.6 Å². The molecule has 1 unspecified atom stereocenters. The normalized spacial score (nSPS) is 21.9. The fraction of sp³-hybridized carbons (Fsp3) is 0.333. The Morgan fingerprint density at radius 2 is 2.36 bits per heavy atom. The van der Waals surface area contributed by atoms with Crippen molar-refractivity contribution in [2.24, 2.45) is 5.92 Å². The summed E-state index contributed by atoms with van der Waals surface area (Å²) < 4.78 is 0. The minimum Gasteiger partial charge on any atom is -0.316 e. The van der Waals surface area contributed by atoms with Crippen LogP contribution in [0.25, 0.3) is 6.08 Å². The van der Waals surface area contributed by atoms with Gasteiger partial charge in [-0.25, -0.2) is 0 Å². The molecule has 0 bridgehead atoms. The van der Waals surface area contributed by atoms with Gasteiger partial charge in [-0.15, -0.1) is 0 Å². The van der Waals surface area contributed by atoms with Gasteiger partial charge in [-0.05, 0) is 36.6 Å². The predicted octanol–water partition coefficient (Wildman–Crippen LogP) is 2.96. The van der Waals surface area contributed by atoms with Crippen LogP contribution in [0.15, 0.2) is 30.3 Å². The summed E-state index contributed by atoms with van der Waals surface area (Å²) in [6.45, 7) is 2.25. The highest BCUT2D eigenvalue weighted by molar-refractivity contribution is 6.30. The molecule has 1 heterocycles. The quantitative estimate of drug-likeness (QED) is 0.787. The molecule has 0 amide bonds. The van der Waals surface area contributed by atoms with Gasteiger partial charge in [-0.2, -0.15) is 0 Å². The zero-order chi connectivity index (χ0) is 9.80. The molecule has 1 aromatic rings. The largest absolute Gasteiger partial charge is 0.316 e. The smallest absolute Gasteiger partial charge is 0.0411 e. The molecule has 2 rings (SSSR count). The lowest BCUT2D eigenvalue weighted by Crippen LogP contribution is -2.07. The summed E-state index contributed by atoms with van der Waals surface area (Å²) in [5.41, 5.74) is 1.18. The molecule has 1 aliphatic heterocycles. The van der Waals surface area contributed by atoms with E-state index >= 15 is 0 Å². The number of hydrogen-bond donors (Lipinski definition) is 1. The predicted molar refractivity (Wildman–Crippen MR) is 61.5 cm³/mol. The lowest BCUT2D eigenvalue weighted by atomic mass is 10.1. The summed E-state index contributed by atoms with van der Waals surface area (Å²) in [5, 5.41) is 4.15. The minimum absolute atomic E-state index is 0.689. The van der Waals surface area contributed by atoms with Crippen molar-refractivity contribution in [3.8, 4) is 0 Å². The number of hydrogen-bond acceptors (Lipinski definition) is 1. The Morgan fingerprint density at radius 3 is 3.07 bits per heavy atom. The van der Waals surface area contributed by atoms with Crippen LogP contribution in [-0.2, 0) is 0 Å². The summed E-state index contributed by atoms with van der Waals surface area (Å²) in [5.74, 6) is 0.689. The Kier molecular flexibility index (Phi) is 3.22. The van der Waals surface area contributed by atoms with Gasteiger partial charge in [-0.3, -0.25) is 0 Å². The monoisotopic (exact) mass is 207 g/mol. The lowest BCUT2D eigenvalue weighted by Gasteiger charge is -1.99. The van der Waals surface area contributed by atoms with E-state index in [0.29, 0.717) is 5.92 Å². The van der Waals surface area contributed by atoms with Gasteiger partial charge >= 0.3 is 0 Å². The number of benzene rings is 1. The van der Waals surface area contributed by atoms with Crippen molar-refractivity contribution in [2.75, 3.05) is 13.1 Å². The topological polar surface area (TPSA) is 12.0 Å². The molecule has 1 fully saturated rings. The van der Waals surface area contributed by atoms with Gasteiger partial charge < -0.3 is 5.32 Å². The second-order valence-corrected chi connectivity index (χ2v) is 4.10. The van der Waals surface area contributed by atoms with E-state index in [1.165, 1.54) is 12.0 Å². The van der Waals surface area contributed by atoms with E-state index in [1.54, 1.807) is 0 Å². The maximum atomic E-state index is 5.89. The highest BCUT2D eigenvalue weighted by Crippen LogP contribution is 2.15. The standard InChI is InChI=1S/C12H14ClN/c13-12-3-1-2-10(8-12)4-5-11-6-7-14-9-11/h1-5,8,11,14H,6-7,9H2/b5-4+. The van der Waals surface area contributed by atoms with E-state index in [9.17, 15) is 0 Å². The van der Waals surface area contributed by atoms with Gasteiger partial charge in [0.15, 0.2) is 0 Å². The van der Waals surface area contributed by atoms with Gasteiger partial charge in [0.2, 0.25) is 0 Å². The van der Waals surface area contributed by atoms with Gasteiger partial charge in [-0.1, -0.05) is 35.9 Å². The van der Waals surface area contributed by atoms with Gasteiger partial charge in [0.25, 0.3) is 0 Å². The SMILES string of the molecule is Clc1cccc(/C=C/C2CCNC2)c1. The Bertz CT molecular complexity index is 327. The van der Waals surface area contributed by atoms with Crippen molar-refractivity contribution >= 4 is 17.7 Å². The zero-order valence-corrected chi connectivity index (χ0v) is 8.80. The van der Waals surface area contributed by atoms with Crippen LogP contribution in [-0.4, -0.2) is 13.1 Å². The van der Waals surface area contributed by atoms with Crippen LogP contribution in [0.5, 0.6) is 0 Å². The van der Waals surface area contributed by atoms with Crippen LogP contribution in [0.2, 0.25) is 5.02 Å². The first-order valence-electron chi connectivity index (χ1n) is 4.99. The van der Waals surface area contributed by atoms with Crippen molar-refractivity contribution in [1.29, 1.82) is 0 Å². The third kappa shape index (κ3) is 2.60. The van der Waals surface area contributed by atoms with Crippen molar-refractivity contribution in [3.05, 3.63) is 40.9 Å². The van der Waals surface area contributed by atoms with Crippen molar-refractivity contribution in [1.82, 2.24) is 5.32 Å². The summed E-state index contributed by atoms with van der Waals surface area (Å²) in [6.07, 6.45) is 5.67. The molecule has 1 N–H and O–H groups in total. The highest BCUT2D eigenvalue weighted by atomic mass is 35.5. The average molecular weight is 208 g/mol. The van der Waals surface area contributed by atoms with Crippen LogP contribution in [0.1, 0.15) is 12.0 Å². The van der Waals surface area contributed by atoms with E-state index in [2.05, 4.69) is 23.5 Å². The molecule has 2 heteroatoms. The average Bonchev–Trinajstić information content (AvgIpc) is 2.67. The third-order valence-corrected chi connectivity index (χ3v) is 2.74. The zero-order valence-electron chi connectivity index (χ0n) is 8.04. The van der Waals surface area contributed by atoms with E-state index in [1.807, 2.05) is 18.2 Å². The van der Waals surface area contributed by atoms with Crippen molar-refractivity contribution in [3.63, 3.8) is 0 Å². The van der Waals surface area contributed by atoms with Gasteiger partial charge in [0.05, 0.1) is 0 Å².